The molecule has 0 amide bonds. The van der Waals surface area contributed by atoms with E-state index < -0.39 is 4.92 Å². The molecule has 21 heavy (non-hydrogen) atoms. The molecule has 0 saturated heterocycles. The third-order valence-electron chi connectivity index (χ3n) is 2.66. The molecule has 0 atom stereocenters. The fourth-order valence-electron chi connectivity index (χ4n) is 1.59. The number of nitrogens with one attached hydrogen (secondary N) is 1. The Kier molecular flexibility index (Phi) is 4.78. The topological polar surface area (TPSA) is 105 Å². The second-order valence-corrected chi connectivity index (χ2v) is 4.39. The molecule has 1 aliphatic heterocycles. The Morgan fingerprint density at radius 1 is 1.38 bits per heavy atom. The molecule has 0 bridgehead atoms. The quantitative estimate of drug-likeness (QED) is 0.283. The molecule has 0 radical (unpaired) electrons. The first-order valence-corrected chi connectivity index (χ1v) is 6.52. The van der Waals surface area contributed by atoms with Crippen molar-refractivity contribution in [2.24, 2.45) is 10.1 Å². The summed E-state index contributed by atoms with van der Waals surface area (Å²) in [7, 11) is 0. The van der Waals surface area contributed by atoms with Crippen molar-refractivity contribution in [3.05, 3.63) is 57.5 Å². The van der Waals surface area contributed by atoms with Gasteiger partial charge >= 0.3 is 0 Å². The Hall–Kier alpha value is -2.54. The van der Waals surface area contributed by atoms with E-state index >= 15 is 0 Å². The number of aliphatic imine (C=N–C) groups is 1. The van der Waals surface area contributed by atoms with E-state index in [2.05, 4.69) is 15.2 Å². The van der Waals surface area contributed by atoms with Crippen LogP contribution in [0.15, 0.2) is 57.5 Å². The minimum Gasteiger partial charge on any atom is -0.874 e. The van der Waals surface area contributed by atoms with E-state index in [1.54, 1.807) is 6.08 Å². The normalized spacial score (nSPS) is 16.3. The van der Waals surface area contributed by atoms with E-state index in [4.69, 9.17) is 11.6 Å². The van der Waals surface area contributed by atoms with Gasteiger partial charge in [-0.25, -0.2) is 0 Å². The van der Waals surface area contributed by atoms with Crippen LogP contribution < -0.4 is 10.2 Å². The lowest BCUT2D eigenvalue weighted by Gasteiger charge is -2.07. The zero-order valence-electron chi connectivity index (χ0n) is 10.8. The molecule has 0 aromatic heterocycles. The average molecular weight is 307 g/mol. The van der Waals surface area contributed by atoms with Crippen LogP contribution in [-0.4, -0.2) is 23.6 Å². The first kappa shape index (κ1) is 14.9. The van der Waals surface area contributed by atoms with Gasteiger partial charge in [0.05, 0.1) is 4.92 Å². The van der Waals surface area contributed by atoms with Gasteiger partial charge in [-0.3, -0.25) is 15.1 Å². The summed E-state index contributed by atoms with van der Waals surface area (Å²) in [5.74, 6) is -0.256. The fraction of sp³-hybridized carbons (Fsp3) is 0.154. The van der Waals surface area contributed by atoms with Crippen molar-refractivity contribution in [3.8, 4) is 0 Å². The minimum absolute atomic E-state index is 0.0101. The van der Waals surface area contributed by atoms with Gasteiger partial charge in [0.25, 0.3) is 5.69 Å². The molecule has 0 spiro atoms. The molecule has 0 fully saturated rings. The largest absolute Gasteiger partial charge is 0.874 e. The number of rotatable bonds is 5. The number of allylic oxidation sites excluding steroid dienone is 3. The van der Waals surface area contributed by atoms with Gasteiger partial charge in [-0.15, -0.1) is 22.5 Å². The van der Waals surface area contributed by atoms with Crippen LogP contribution in [0.1, 0.15) is 0 Å². The summed E-state index contributed by atoms with van der Waals surface area (Å²) < 4.78 is 0. The Bertz CT molecular complexity index is 662. The fourth-order valence-corrected chi connectivity index (χ4v) is 1.75. The smallest absolute Gasteiger partial charge is 0.269 e. The molecular formula is C13H11ClN4O3. The molecule has 0 unspecified atom stereocenters. The van der Waals surface area contributed by atoms with Crippen LogP contribution in [0.25, 0.3) is 0 Å². The Labute approximate surface area is 125 Å². The molecule has 108 valence electrons. The summed E-state index contributed by atoms with van der Waals surface area (Å²) in [5.41, 5.74) is 1.70. The van der Waals surface area contributed by atoms with Gasteiger partial charge in [0.2, 0.25) is 6.54 Å². The van der Waals surface area contributed by atoms with Gasteiger partial charge in [0, 0.05) is 24.2 Å². The maximum Gasteiger partial charge on any atom is 0.269 e. The van der Waals surface area contributed by atoms with E-state index in [1.807, 2.05) is 0 Å². The SMILES string of the molecule is O=[N+]([O-])c1ccc(N=[NH+]CC2=C/C(=C(\[O-])CCl)C=N2)cc1. The van der Waals surface area contributed by atoms with Gasteiger partial charge in [-0.2, -0.15) is 0 Å². The molecule has 1 aromatic carbocycles. The lowest BCUT2D eigenvalue weighted by atomic mass is 10.2. The zero-order chi connectivity index (χ0) is 15.2. The van der Waals surface area contributed by atoms with Crippen molar-refractivity contribution in [2.45, 2.75) is 0 Å². The van der Waals surface area contributed by atoms with E-state index in [9.17, 15) is 15.2 Å². The highest BCUT2D eigenvalue weighted by molar-refractivity contribution is 6.19. The van der Waals surface area contributed by atoms with E-state index in [1.165, 1.54) is 30.5 Å². The summed E-state index contributed by atoms with van der Waals surface area (Å²) in [4.78, 5) is 14.1. The predicted molar refractivity (Wildman–Crippen MR) is 75.3 cm³/mol. The van der Waals surface area contributed by atoms with Crippen molar-refractivity contribution in [3.63, 3.8) is 0 Å². The first-order valence-electron chi connectivity index (χ1n) is 5.99. The number of benzene rings is 1. The molecule has 7 nitrogen and oxygen atoms in total. The third kappa shape index (κ3) is 3.96. The van der Waals surface area contributed by atoms with Gasteiger partial charge < -0.3 is 5.11 Å². The number of nitro benzene ring substituents is 1. The zero-order valence-corrected chi connectivity index (χ0v) is 11.6. The number of azo groups is 1. The number of hydrogen-bond acceptors (Lipinski definition) is 5. The van der Waals surface area contributed by atoms with Crippen LogP contribution in [0, 0.1) is 10.1 Å². The van der Waals surface area contributed by atoms with Crippen LogP contribution in [0.2, 0.25) is 0 Å². The Morgan fingerprint density at radius 3 is 2.71 bits per heavy atom. The summed E-state index contributed by atoms with van der Waals surface area (Å²) in [6.07, 6.45) is 3.11. The van der Waals surface area contributed by atoms with Crippen molar-refractivity contribution in [1.29, 1.82) is 0 Å². The lowest BCUT2D eigenvalue weighted by molar-refractivity contribution is -0.519. The summed E-state index contributed by atoms with van der Waals surface area (Å²) in [5, 5.41) is 28.7. The van der Waals surface area contributed by atoms with E-state index in [-0.39, 0.29) is 17.3 Å². The summed E-state index contributed by atoms with van der Waals surface area (Å²) in [6, 6.07) is 5.81. The van der Waals surface area contributed by atoms with Crippen LogP contribution in [-0.2, 0) is 0 Å². The molecule has 1 heterocycles. The second-order valence-electron chi connectivity index (χ2n) is 4.13. The van der Waals surface area contributed by atoms with Crippen LogP contribution >= 0.6 is 11.6 Å². The number of nitro groups is 1. The molecule has 2 rings (SSSR count). The van der Waals surface area contributed by atoms with Gasteiger partial charge in [0.1, 0.15) is 11.4 Å². The monoisotopic (exact) mass is 306 g/mol. The Morgan fingerprint density at radius 2 is 2.10 bits per heavy atom. The molecule has 1 N–H and O–H groups in total. The standard InChI is InChI=1S/C13H11ClN4O3/c14-6-13(19)9-5-11(15-7-9)8-16-17-10-1-3-12(4-2-10)18(20)21/h1-5,7,19H,6,8H2/b13-9+,17-16?. The van der Waals surface area contributed by atoms with E-state index in [0.717, 1.165) is 0 Å². The van der Waals surface area contributed by atoms with Crippen LogP contribution in [0.5, 0.6) is 0 Å². The first-order chi connectivity index (χ1) is 10.1. The van der Waals surface area contributed by atoms with Crippen molar-refractivity contribution in [1.82, 2.24) is 0 Å². The highest BCUT2D eigenvalue weighted by Gasteiger charge is 2.07. The van der Waals surface area contributed by atoms with Crippen molar-refractivity contribution < 1.29 is 15.1 Å². The summed E-state index contributed by atoms with van der Waals surface area (Å²) in [6.45, 7) is 0.340. The number of halogens is 1. The Balaban J connectivity index is 1.98. The number of non-ortho nitro benzene ring substituents is 1. The molecule has 0 aliphatic carbocycles. The third-order valence-corrected chi connectivity index (χ3v) is 2.91. The lowest BCUT2D eigenvalue weighted by Crippen LogP contribution is -2.65. The molecule has 0 saturated carbocycles. The maximum absolute atomic E-state index is 11.3. The molecular weight excluding hydrogens is 296 g/mol. The predicted octanol–water partition coefficient (Wildman–Crippen LogP) is 0.581. The maximum atomic E-state index is 11.3. The van der Waals surface area contributed by atoms with E-state index in [0.29, 0.717) is 23.5 Å². The van der Waals surface area contributed by atoms with Crippen LogP contribution in [0.4, 0.5) is 11.4 Å². The van der Waals surface area contributed by atoms with Gasteiger partial charge in [-0.1, -0.05) is 0 Å². The highest BCUT2D eigenvalue weighted by atomic mass is 35.5. The van der Waals surface area contributed by atoms with Gasteiger partial charge in [0.15, 0.2) is 0 Å². The minimum atomic E-state index is -0.472. The second kappa shape index (κ2) is 6.76. The molecule has 8 heteroatoms. The summed E-state index contributed by atoms with van der Waals surface area (Å²) >= 11 is 5.46. The number of alkyl halides is 1. The van der Waals surface area contributed by atoms with Crippen molar-refractivity contribution >= 4 is 29.2 Å². The average Bonchev–Trinajstić information content (AvgIpc) is 2.96. The van der Waals surface area contributed by atoms with Crippen LogP contribution in [0.3, 0.4) is 0 Å². The number of hydrogen-bond donors (Lipinski definition) is 1. The molecule has 1 aromatic rings. The van der Waals surface area contributed by atoms with Gasteiger partial charge in [-0.05, 0) is 28.9 Å². The highest BCUT2D eigenvalue weighted by Crippen LogP contribution is 2.16. The number of nitrogens with zero attached hydrogens (tertiary/aromatic N) is 3. The molecule has 1 aliphatic rings. The van der Waals surface area contributed by atoms with Crippen molar-refractivity contribution in [2.75, 3.05) is 12.4 Å².